The molecule has 0 aromatic heterocycles. The minimum absolute atomic E-state index is 0. The molecule has 1 saturated heterocycles. The average Bonchev–Trinajstić information content (AvgIpc) is 2.44. The van der Waals surface area contributed by atoms with Crippen molar-refractivity contribution < 1.29 is 14.3 Å². The molecule has 2 N–H and O–H groups in total. The van der Waals surface area contributed by atoms with Crippen LogP contribution in [0.3, 0.4) is 0 Å². The first kappa shape index (κ1) is 20.1. The lowest BCUT2D eigenvalue weighted by molar-refractivity contribution is -0.147. The standard InChI is InChI=1S/C14H27N3O3.ClH/c1-5-11-8-17(14(19)13(15)9-20-4)12(6-2)7-16(11)10(3)18;/h11-13H,5-9,15H2,1-4H3;1H. The Balaban J connectivity index is 0.00000400. The van der Waals surface area contributed by atoms with Crippen LogP contribution in [0.2, 0.25) is 0 Å². The van der Waals surface area contributed by atoms with Crippen molar-refractivity contribution in [1.82, 2.24) is 9.80 Å². The number of hydrogen-bond donors (Lipinski definition) is 1. The van der Waals surface area contributed by atoms with Crippen LogP contribution in [-0.4, -0.2) is 66.5 Å². The summed E-state index contributed by atoms with van der Waals surface area (Å²) in [5.41, 5.74) is 5.86. The second kappa shape index (κ2) is 9.23. The first-order chi connectivity index (χ1) is 9.46. The van der Waals surface area contributed by atoms with E-state index < -0.39 is 6.04 Å². The zero-order valence-electron chi connectivity index (χ0n) is 13.4. The molecule has 2 amide bonds. The topological polar surface area (TPSA) is 75.9 Å². The molecule has 1 aliphatic heterocycles. The summed E-state index contributed by atoms with van der Waals surface area (Å²) in [6.45, 7) is 7.02. The van der Waals surface area contributed by atoms with Crippen LogP contribution in [0.5, 0.6) is 0 Å². The predicted octanol–water partition coefficient (Wildman–Crippen LogP) is 0.630. The maximum atomic E-state index is 12.4. The number of halogens is 1. The van der Waals surface area contributed by atoms with Gasteiger partial charge in [-0.2, -0.15) is 0 Å². The molecule has 6 nitrogen and oxygen atoms in total. The van der Waals surface area contributed by atoms with Gasteiger partial charge in [0.15, 0.2) is 0 Å². The minimum atomic E-state index is -0.629. The molecule has 3 atom stereocenters. The Morgan fingerprint density at radius 3 is 2.10 bits per heavy atom. The lowest BCUT2D eigenvalue weighted by atomic mass is 10.0. The summed E-state index contributed by atoms with van der Waals surface area (Å²) in [5.74, 6) is -0.0102. The summed E-state index contributed by atoms with van der Waals surface area (Å²) in [7, 11) is 1.53. The zero-order valence-corrected chi connectivity index (χ0v) is 14.2. The van der Waals surface area contributed by atoms with Crippen LogP contribution in [0, 0.1) is 0 Å². The third-order valence-electron chi connectivity index (χ3n) is 3.99. The fraction of sp³-hybridized carbons (Fsp3) is 0.857. The quantitative estimate of drug-likeness (QED) is 0.806. The van der Waals surface area contributed by atoms with E-state index in [1.54, 1.807) is 6.92 Å². The van der Waals surface area contributed by atoms with Crippen LogP contribution in [-0.2, 0) is 14.3 Å². The van der Waals surface area contributed by atoms with Gasteiger partial charge in [-0.05, 0) is 12.8 Å². The van der Waals surface area contributed by atoms with Gasteiger partial charge in [-0.3, -0.25) is 9.59 Å². The monoisotopic (exact) mass is 321 g/mol. The van der Waals surface area contributed by atoms with Gasteiger partial charge < -0.3 is 20.3 Å². The number of methoxy groups -OCH3 is 1. The summed E-state index contributed by atoms with van der Waals surface area (Å²) in [5, 5.41) is 0. The van der Waals surface area contributed by atoms with Crippen LogP contribution in [0.4, 0.5) is 0 Å². The van der Waals surface area contributed by atoms with Crippen molar-refractivity contribution in [3.8, 4) is 0 Å². The lowest BCUT2D eigenvalue weighted by Gasteiger charge is -2.46. The number of ether oxygens (including phenoxy) is 1. The molecule has 1 rings (SSSR count). The van der Waals surface area contributed by atoms with Gasteiger partial charge in [-0.15, -0.1) is 12.4 Å². The third kappa shape index (κ3) is 4.83. The number of carbonyl (C=O) groups is 2. The molecule has 1 heterocycles. The normalized spacial score (nSPS) is 23.5. The fourth-order valence-electron chi connectivity index (χ4n) is 2.77. The van der Waals surface area contributed by atoms with E-state index >= 15 is 0 Å². The Kier molecular flexibility index (Phi) is 8.85. The van der Waals surface area contributed by atoms with E-state index in [0.717, 1.165) is 12.8 Å². The SMILES string of the molecule is CCC1CN(C(=O)C(N)COC)C(CC)CN1C(C)=O.Cl. The van der Waals surface area contributed by atoms with Crippen molar-refractivity contribution in [3.05, 3.63) is 0 Å². The third-order valence-corrected chi connectivity index (χ3v) is 3.99. The molecule has 0 radical (unpaired) electrons. The van der Waals surface area contributed by atoms with Gasteiger partial charge in [0.2, 0.25) is 11.8 Å². The van der Waals surface area contributed by atoms with Gasteiger partial charge in [0.05, 0.1) is 6.61 Å². The zero-order chi connectivity index (χ0) is 15.3. The predicted molar refractivity (Wildman–Crippen MR) is 84.4 cm³/mol. The molecule has 0 bridgehead atoms. The Labute approximate surface area is 133 Å². The van der Waals surface area contributed by atoms with Crippen LogP contribution in [0.1, 0.15) is 33.6 Å². The molecule has 3 unspecified atom stereocenters. The molecule has 0 spiro atoms. The number of hydrogen-bond acceptors (Lipinski definition) is 4. The highest BCUT2D eigenvalue weighted by atomic mass is 35.5. The molecular formula is C14H28ClN3O3. The van der Waals surface area contributed by atoms with Crippen molar-refractivity contribution in [3.63, 3.8) is 0 Å². The molecule has 21 heavy (non-hydrogen) atoms. The highest BCUT2D eigenvalue weighted by molar-refractivity contribution is 5.85. The maximum Gasteiger partial charge on any atom is 0.242 e. The molecular weight excluding hydrogens is 294 g/mol. The lowest BCUT2D eigenvalue weighted by Crippen LogP contribution is -2.63. The number of carbonyl (C=O) groups excluding carboxylic acids is 2. The summed E-state index contributed by atoms with van der Waals surface area (Å²) in [6, 6.07) is -0.512. The molecule has 7 heteroatoms. The Bertz CT molecular complexity index is 354. The maximum absolute atomic E-state index is 12.4. The van der Waals surface area contributed by atoms with Crippen molar-refractivity contribution in [2.45, 2.75) is 51.7 Å². The number of piperazine rings is 1. The van der Waals surface area contributed by atoms with Crippen LogP contribution < -0.4 is 5.73 Å². The number of amides is 2. The smallest absolute Gasteiger partial charge is 0.242 e. The van der Waals surface area contributed by atoms with E-state index in [4.69, 9.17) is 10.5 Å². The molecule has 124 valence electrons. The van der Waals surface area contributed by atoms with Crippen LogP contribution in [0.15, 0.2) is 0 Å². The van der Waals surface area contributed by atoms with E-state index in [-0.39, 0.29) is 42.9 Å². The fourth-order valence-corrected chi connectivity index (χ4v) is 2.77. The van der Waals surface area contributed by atoms with Gasteiger partial charge >= 0.3 is 0 Å². The van der Waals surface area contributed by atoms with Crippen molar-refractivity contribution in [2.24, 2.45) is 5.73 Å². The van der Waals surface area contributed by atoms with Crippen LogP contribution >= 0.6 is 12.4 Å². The summed E-state index contributed by atoms with van der Waals surface area (Å²) >= 11 is 0. The molecule has 0 aromatic carbocycles. The van der Waals surface area contributed by atoms with Gasteiger partial charge in [0, 0.05) is 39.2 Å². The molecule has 1 fully saturated rings. The minimum Gasteiger partial charge on any atom is -0.383 e. The number of nitrogens with zero attached hydrogens (tertiary/aromatic N) is 2. The summed E-state index contributed by atoms with van der Waals surface area (Å²) in [6.07, 6.45) is 1.64. The second-order valence-electron chi connectivity index (χ2n) is 5.35. The van der Waals surface area contributed by atoms with E-state index in [1.807, 2.05) is 23.6 Å². The first-order valence-electron chi connectivity index (χ1n) is 7.28. The van der Waals surface area contributed by atoms with Gasteiger partial charge in [0.1, 0.15) is 6.04 Å². The van der Waals surface area contributed by atoms with E-state index in [9.17, 15) is 9.59 Å². The largest absolute Gasteiger partial charge is 0.383 e. The van der Waals surface area contributed by atoms with E-state index in [2.05, 4.69) is 0 Å². The molecule has 0 aromatic rings. The van der Waals surface area contributed by atoms with Crippen molar-refractivity contribution >= 4 is 24.2 Å². The number of rotatable bonds is 5. The molecule has 0 aliphatic carbocycles. The Hall–Kier alpha value is -0.850. The Morgan fingerprint density at radius 2 is 1.67 bits per heavy atom. The van der Waals surface area contributed by atoms with Gasteiger partial charge in [-0.25, -0.2) is 0 Å². The average molecular weight is 322 g/mol. The number of nitrogens with two attached hydrogens (primary N) is 1. The summed E-state index contributed by atoms with van der Waals surface area (Å²) < 4.78 is 4.96. The molecule has 0 saturated carbocycles. The summed E-state index contributed by atoms with van der Waals surface area (Å²) in [4.78, 5) is 27.8. The second-order valence-corrected chi connectivity index (χ2v) is 5.35. The highest BCUT2D eigenvalue weighted by Gasteiger charge is 2.37. The van der Waals surface area contributed by atoms with Crippen molar-refractivity contribution in [1.29, 1.82) is 0 Å². The Morgan fingerprint density at radius 1 is 1.19 bits per heavy atom. The highest BCUT2D eigenvalue weighted by Crippen LogP contribution is 2.20. The first-order valence-corrected chi connectivity index (χ1v) is 7.28. The van der Waals surface area contributed by atoms with Gasteiger partial charge in [0.25, 0.3) is 0 Å². The molecule has 1 aliphatic rings. The van der Waals surface area contributed by atoms with Crippen LogP contribution in [0.25, 0.3) is 0 Å². The van der Waals surface area contributed by atoms with Gasteiger partial charge in [-0.1, -0.05) is 13.8 Å². The van der Waals surface area contributed by atoms with E-state index in [0.29, 0.717) is 13.1 Å². The van der Waals surface area contributed by atoms with Crippen molar-refractivity contribution in [2.75, 3.05) is 26.8 Å². The van der Waals surface area contributed by atoms with E-state index in [1.165, 1.54) is 7.11 Å².